The molecule has 0 atom stereocenters. The van der Waals surface area contributed by atoms with Crippen molar-refractivity contribution in [2.45, 2.75) is 20.0 Å². The Bertz CT molecular complexity index is 594. The summed E-state index contributed by atoms with van der Waals surface area (Å²) in [6.07, 6.45) is 3.41. The molecular formula is C13H15ClN4O. The lowest BCUT2D eigenvalue weighted by Gasteiger charge is -2.07. The van der Waals surface area contributed by atoms with Crippen LogP contribution in [0.1, 0.15) is 11.1 Å². The van der Waals surface area contributed by atoms with E-state index in [4.69, 9.17) is 17.3 Å². The SMILES string of the molecule is Cc1cc(Cl)ccc1CNc1cnn(CC(N)=O)c1. The van der Waals surface area contributed by atoms with Crippen LogP contribution in [0.15, 0.2) is 30.6 Å². The molecule has 1 aromatic heterocycles. The second-order valence-electron chi connectivity index (χ2n) is 4.32. The molecule has 0 saturated heterocycles. The van der Waals surface area contributed by atoms with Crippen molar-refractivity contribution in [1.29, 1.82) is 0 Å². The average molecular weight is 279 g/mol. The summed E-state index contributed by atoms with van der Waals surface area (Å²) in [7, 11) is 0. The van der Waals surface area contributed by atoms with Crippen molar-refractivity contribution in [3.8, 4) is 0 Å². The minimum Gasteiger partial charge on any atom is -0.378 e. The fourth-order valence-electron chi connectivity index (χ4n) is 1.76. The molecule has 19 heavy (non-hydrogen) atoms. The van der Waals surface area contributed by atoms with Gasteiger partial charge in [-0.1, -0.05) is 17.7 Å². The Morgan fingerprint density at radius 2 is 2.32 bits per heavy atom. The van der Waals surface area contributed by atoms with Gasteiger partial charge in [0.05, 0.1) is 11.9 Å². The summed E-state index contributed by atoms with van der Waals surface area (Å²) in [4.78, 5) is 10.8. The Balaban J connectivity index is 1.98. The van der Waals surface area contributed by atoms with Crippen molar-refractivity contribution < 1.29 is 4.79 Å². The number of rotatable bonds is 5. The number of benzene rings is 1. The van der Waals surface area contributed by atoms with Crippen LogP contribution in [-0.4, -0.2) is 15.7 Å². The lowest BCUT2D eigenvalue weighted by Crippen LogP contribution is -2.18. The van der Waals surface area contributed by atoms with Gasteiger partial charge >= 0.3 is 0 Å². The number of carbonyl (C=O) groups is 1. The molecule has 1 heterocycles. The molecule has 0 aliphatic rings. The first-order valence-corrected chi connectivity index (χ1v) is 6.22. The highest BCUT2D eigenvalue weighted by molar-refractivity contribution is 6.30. The molecule has 5 nitrogen and oxygen atoms in total. The van der Waals surface area contributed by atoms with Gasteiger partial charge in [-0.15, -0.1) is 0 Å². The molecule has 0 aliphatic carbocycles. The summed E-state index contributed by atoms with van der Waals surface area (Å²) < 4.78 is 1.50. The summed E-state index contributed by atoms with van der Waals surface area (Å²) in [5.74, 6) is -0.414. The van der Waals surface area contributed by atoms with E-state index in [2.05, 4.69) is 10.4 Å². The van der Waals surface area contributed by atoms with E-state index < -0.39 is 5.91 Å². The molecular weight excluding hydrogens is 264 g/mol. The van der Waals surface area contributed by atoms with E-state index in [0.717, 1.165) is 21.8 Å². The number of aromatic nitrogens is 2. The summed E-state index contributed by atoms with van der Waals surface area (Å²) in [6, 6.07) is 5.77. The summed E-state index contributed by atoms with van der Waals surface area (Å²) in [5, 5.41) is 8.01. The van der Waals surface area contributed by atoms with Gasteiger partial charge in [0.2, 0.25) is 5.91 Å². The first kappa shape index (κ1) is 13.4. The van der Waals surface area contributed by atoms with Gasteiger partial charge in [-0.3, -0.25) is 9.48 Å². The molecule has 0 aliphatic heterocycles. The molecule has 0 saturated carbocycles. The molecule has 6 heteroatoms. The molecule has 0 bridgehead atoms. The van der Waals surface area contributed by atoms with Crippen molar-refractivity contribution in [1.82, 2.24) is 9.78 Å². The number of nitrogens with zero attached hydrogens (tertiary/aromatic N) is 2. The molecule has 2 aromatic rings. The van der Waals surface area contributed by atoms with Crippen molar-refractivity contribution in [3.05, 3.63) is 46.7 Å². The van der Waals surface area contributed by atoms with Crippen LogP contribution in [0.3, 0.4) is 0 Å². The minimum atomic E-state index is -0.414. The molecule has 0 unspecified atom stereocenters. The highest BCUT2D eigenvalue weighted by atomic mass is 35.5. The van der Waals surface area contributed by atoms with Gasteiger partial charge in [0.25, 0.3) is 0 Å². The van der Waals surface area contributed by atoms with Crippen LogP contribution in [0.2, 0.25) is 5.02 Å². The number of hydrogen-bond donors (Lipinski definition) is 2. The van der Waals surface area contributed by atoms with E-state index in [1.54, 1.807) is 12.4 Å². The highest BCUT2D eigenvalue weighted by Gasteiger charge is 2.03. The maximum Gasteiger partial charge on any atom is 0.239 e. The quantitative estimate of drug-likeness (QED) is 0.878. The van der Waals surface area contributed by atoms with Crippen LogP contribution in [0.5, 0.6) is 0 Å². The van der Waals surface area contributed by atoms with Crippen molar-refractivity contribution in [2.24, 2.45) is 5.73 Å². The third-order valence-corrected chi connectivity index (χ3v) is 2.97. The Hall–Kier alpha value is -2.01. The smallest absolute Gasteiger partial charge is 0.239 e. The average Bonchev–Trinajstić information content (AvgIpc) is 2.74. The van der Waals surface area contributed by atoms with E-state index in [1.807, 2.05) is 25.1 Å². The van der Waals surface area contributed by atoms with E-state index in [-0.39, 0.29) is 6.54 Å². The number of anilines is 1. The first-order valence-electron chi connectivity index (χ1n) is 5.84. The fourth-order valence-corrected chi connectivity index (χ4v) is 1.98. The van der Waals surface area contributed by atoms with Crippen LogP contribution in [0.25, 0.3) is 0 Å². The predicted octanol–water partition coefficient (Wildman–Crippen LogP) is 1.94. The maximum atomic E-state index is 10.8. The molecule has 3 N–H and O–H groups in total. The second-order valence-corrected chi connectivity index (χ2v) is 4.75. The largest absolute Gasteiger partial charge is 0.378 e. The predicted molar refractivity (Wildman–Crippen MR) is 74.9 cm³/mol. The maximum absolute atomic E-state index is 10.8. The number of nitrogens with two attached hydrogens (primary N) is 1. The van der Waals surface area contributed by atoms with Gasteiger partial charge in [-0.2, -0.15) is 5.10 Å². The fraction of sp³-hybridized carbons (Fsp3) is 0.231. The minimum absolute atomic E-state index is 0.0850. The Kier molecular flexibility index (Phi) is 4.06. The molecule has 1 aromatic carbocycles. The number of carbonyl (C=O) groups excluding carboxylic acids is 1. The van der Waals surface area contributed by atoms with Gasteiger partial charge in [-0.25, -0.2) is 0 Å². The summed E-state index contributed by atoms with van der Waals surface area (Å²) in [6.45, 7) is 2.77. The zero-order valence-corrected chi connectivity index (χ0v) is 11.3. The number of amides is 1. The third kappa shape index (κ3) is 3.72. The second kappa shape index (κ2) is 5.75. The highest BCUT2D eigenvalue weighted by Crippen LogP contribution is 2.16. The standard InChI is InChI=1S/C13H15ClN4O/c1-9-4-11(14)3-2-10(9)5-16-12-6-17-18(7-12)8-13(15)19/h2-4,6-7,16H,5,8H2,1H3,(H2,15,19). The molecule has 0 spiro atoms. The number of hydrogen-bond acceptors (Lipinski definition) is 3. The number of primary amides is 1. The lowest BCUT2D eigenvalue weighted by atomic mass is 10.1. The zero-order valence-electron chi connectivity index (χ0n) is 10.6. The number of aryl methyl sites for hydroxylation is 1. The van der Waals surface area contributed by atoms with Gasteiger partial charge in [0.15, 0.2) is 0 Å². The van der Waals surface area contributed by atoms with Crippen LogP contribution in [-0.2, 0) is 17.9 Å². The van der Waals surface area contributed by atoms with Gasteiger partial charge in [0, 0.05) is 17.8 Å². The molecule has 0 radical (unpaired) electrons. The normalized spacial score (nSPS) is 10.4. The van der Waals surface area contributed by atoms with Crippen LogP contribution in [0.4, 0.5) is 5.69 Å². The summed E-state index contributed by atoms with van der Waals surface area (Å²) >= 11 is 5.91. The van der Waals surface area contributed by atoms with Gasteiger partial charge in [0.1, 0.15) is 6.54 Å². The van der Waals surface area contributed by atoms with Gasteiger partial charge in [-0.05, 0) is 30.2 Å². The Labute approximate surface area is 116 Å². The van der Waals surface area contributed by atoms with E-state index in [1.165, 1.54) is 4.68 Å². The number of nitrogens with one attached hydrogen (secondary N) is 1. The Morgan fingerprint density at radius 3 is 3.00 bits per heavy atom. The topological polar surface area (TPSA) is 72.9 Å². The zero-order chi connectivity index (χ0) is 13.8. The van der Waals surface area contributed by atoms with E-state index in [9.17, 15) is 4.79 Å². The lowest BCUT2D eigenvalue weighted by molar-refractivity contribution is -0.118. The molecule has 1 amide bonds. The molecule has 0 fully saturated rings. The third-order valence-electron chi connectivity index (χ3n) is 2.74. The van der Waals surface area contributed by atoms with Crippen molar-refractivity contribution in [3.63, 3.8) is 0 Å². The first-order chi connectivity index (χ1) is 9.04. The monoisotopic (exact) mass is 278 g/mol. The van der Waals surface area contributed by atoms with Crippen molar-refractivity contribution in [2.75, 3.05) is 5.32 Å². The van der Waals surface area contributed by atoms with E-state index in [0.29, 0.717) is 6.54 Å². The van der Waals surface area contributed by atoms with Crippen molar-refractivity contribution >= 4 is 23.2 Å². The van der Waals surface area contributed by atoms with Crippen LogP contribution >= 0.6 is 11.6 Å². The molecule has 100 valence electrons. The number of halogens is 1. The van der Waals surface area contributed by atoms with Crippen LogP contribution < -0.4 is 11.1 Å². The van der Waals surface area contributed by atoms with E-state index >= 15 is 0 Å². The van der Waals surface area contributed by atoms with Gasteiger partial charge < -0.3 is 11.1 Å². The van der Waals surface area contributed by atoms with Crippen LogP contribution in [0, 0.1) is 6.92 Å². The Morgan fingerprint density at radius 1 is 1.53 bits per heavy atom. The summed E-state index contributed by atoms with van der Waals surface area (Å²) in [5.41, 5.74) is 8.23. The molecule has 2 rings (SSSR count).